The normalized spacial score (nSPS) is 10.9. The lowest BCUT2D eigenvalue weighted by Gasteiger charge is -2.11. The molecular formula is C24H16ClN7. The summed E-state index contributed by atoms with van der Waals surface area (Å²) in [5.74, 6) is 1.44. The highest BCUT2D eigenvalue weighted by atomic mass is 35.5. The highest BCUT2D eigenvalue weighted by Gasteiger charge is 2.19. The maximum Gasteiger partial charge on any atom is 0.199 e. The van der Waals surface area contributed by atoms with Gasteiger partial charge >= 0.3 is 0 Å². The molecule has 0 saturated heterocycles. The molecule has 0 amide bonds. The van der Waals surface area contributed by atoms with E-state index in [9.17, 15) is 0 Å². The van der Waals surface area contributed by atoms with Crippen molar-refractivity contribution in [1.82, 2.24) is 24.5 Å². The van der Waals surface area contributed by atoms with Crippen molar-refractivity contribution in [3.05, 3.63) is 90.2 Å². The van der Waals surface area contributed by atoms with Gasteiger partial charge in [-0.1, -0.05) is 12.1 Å². The second kappa shape index (κ2) is 8.10. The maximum atomic E-state index is 7.47. The molecule has 0 bridgehead atoms. The highest BCUT2D eigenvalue weighted by molar-refractivity contribution is 6.17. The van der Waals surface area contributed by atoms with Gasteiger partial charge in [-0.15, -0.1) is 11.6 Å². The minimum Gasteiger partial charge on any atom is -0.383 e. The van der Waals surface area contributed by atoms with Gasteiger partial charge in [0.1, 0.15) is 11.3 Å². The minimum atomic E-state index is 0.379. The van der Waals surface area contributed by atoms with Crippen LogP contribution in [0.3, 0.4) is 0 Å². The summed E-state index contributed by atoms with van der Waals surface area (Å²) < 4.78 is 1.94. The summed E-state index contributed by atoms with van der Waals surface area (Å²) in [6.45, 7) is 7.47. The van der Waals surface area contributed by atoms with E-state index in [1.54, 1.807) is 24.7 Å². The fourth-order valence-corrected chi connectivity index (χ4v) is 3.73. The Morgan fingerprint density at radius 1 is 0.969 bits per heavy atom. The van der Waals surface area contributed by atoms with Crippen LogP contribution >= 0.6 is 11.6 Å². The Balaban J connectivity index is 1.80. The molecule has 0 radical (unpaired) electrons. The number of pyridine rings is 3. The zero-order valence-electron chi connectivity index (χ0n) is 16.8. The predicted molar refractivity (Wildman–Crippen MR) is 126 cm³/mol. The molecule has 1 aromatic carbocycles. The van der Waals surface area contributed by atoms with Crippen molar-refractivity contribution < 1.29 is 0 Å². The molecule has 0 aliphatic carbocycles. The average Bonchev–Trinajstić information content (AvgIpc) is 3.22. The number of nitrogens with two attached hydrogens (primary N) is 1. The molecule has 0 atom stereocenters. The molecule has 0 saturated carbocycles. The van der Waals surface area contributed by atoms with E-state index >= 15 is 0 Å². The topological polar surface area (TPSA) is 86.9 Å². The molecule has 0 spiro atoms. The third-order valence-corrected chi connectivity index (χ3v) is 5.44. The number of nitrogen functional groups attached to an aromatic ring is 1. The molecule has 0 fully saturated rings. The van der Waals surface area contributed by atoms with Crippen LogP contribution in [0.25, 0.3) is 44.3 Å². The number of hydrogen-bond donors (Lipinski definition) is 1. The molecular weight excluding hydrogens is 422 g/mol. The molecule has 4 heterocycles. The van der Waals surface area contributed by atoms with Crippen molar-refractivity contribution in [2.75, 3.05) is 5.73 Å². The van der Waals surface area contributed by atoms with Gasteiger partial charge < -0.3 is 5.73 Å². The Bertz CT molecular complexity index is 1480. The van der Waals surface area contributed by atoms with E-state index in [1.165, 1.54) is 0 Å². The zero-order chi connectivity index (χ0) is 22.1. The van der Waals surface area contributed by atoms with E-state index in [0.29, 0.717) is 51.2 Å². The van der Waals surface area contributed by atoms with Crippen molar-refractivity contribution in [2.45, 2.75) is 5.88 Å². The fourth-order valence-electron chi connectivity index (χ4n) is 3.56. The van der Waals surface area contributed by atoms with E-state index in [4.69, 9.17) is 33.9 Å². The molecule has 154 valence electrons. The molecule has 5 aromatic rings. The lowest BCUT2D eigenvalue weighted by molar-refractivity contribution is 1.07. The van der Waals surface area contributed by atoms with Crippen molar-refractivity contribution in [3.63, 3.8) is 0 Å². The van der Waals surface area contributed by atoms with E-state index in [-0.39, 0.29) is 0 Å². The van der Waals surface area contributed by atoms with E-state index in [0.717, 1.165) is 11.3 Å². The van der Waals surface area contributed by atoms with Crippen LogP contribution in [0, 0.1) is 6.57 Å². The number of imidazole rings is 1. The monoisotopic (exact) mass is 437 g/mol. The maximum absolute atomic E-state index is 7.47. The number of benzene rings is 1. The van der Waals surface area contributed by atoms with E-state index in [2.05, 4.69) is 14.8 Å². The Hall–Kier alpha value is -4.28. The Morgan fingerprint density at radius 3 is 2.56 bits per heavy atom. The Kier molecular flexibility index (Phi) is 4.98. The van der Waals surface area contributed by atoms with Crippen LogP contribution in [0.1, 0.15) is 5.56 Å². The first-order valence-corrected chi connectivity index (χ1v) is 10.3. The molecule has 4 aromatic heterocycles. The Labute approximate surface area is 189 Å². The largest absolute Gasteiger partial charge is 0.383 e. The van der Waals surface area contributed by atoms with Crippen LogP contribution in [0.5, 0.6) is 0 Å². The number of fused-ring (bicyclic) bond motifs is 1. The van der Waals surface area contributed by atoms with Gasteiger partial charge in [0.2, 0.25) is 0 Å². The standard InChI is InChI=1S/C24H16ClN7/c1-27-19-10-12-28-14-18(19)20-8-9-21-24(30-20)32(16-6-4-15(13-25)5-7-16)23(31-21)17-3-2-11-29-22(17)26/h2-12,14H,13H2,(H2,26,29). The molecule has 0 aliphatic rings. The molecule has 32 heavy (non-hydrogen) atoms. The van der Waals surface area contributed by atoms with Crippen molar-refractivity contribution in [1.29, 1.82) is 0 Å². The highest BCUT2D eigenvalue weighted by Crippen LogP contribution is 2.33. The van der Waals surface area contributed by atoms with Crippen molar-refractivity contribution in [3.8, 4) is 28.3 Å². The number of anilines is 1. The number of nitrogens with zero attached hydrogens (tertiary/aromatic N) is 6. The van der Waals surface area contributed by atoms with Crippen LogP contribution in [-0.2, 0) is 5.88 Å². The second-order valence-corrected chi connectivity index (χ2v) is 7.32. The quantitative estimate of drug-likeness (QED) is 0.300. The van der Waals surface area contributed by atoms with Gasteiger partial charge in [-0.05, 0) is 48.0 Å². The van der Waals surface area contributed by atoms with Gasteiger partial charge in [0.05, 0.1) is 17.8 Å². The van der Waals surface area contributed by atoms with Gasteiger partial charge in [-0.25, -0.2) is 19.8 Å². The molecule has 8 heteroatoms. The average molecular weight is 438 g/mol. The first kappa shape index (κ1) is 19.7. The first-order chi connectivity index (χ1) is 15.7. The number of aromatic nitrogens is 5. The summed E-state index contributed by atoms with van der Waals surface area (Å²) >= 11 is 5.98. The van der Waals surface area contributed by atoms with Gasteiger partial charge in [0.25, 0.3) is 0 Å². The summed E-state index contributed by atoms with van der Waals surface area (Å²) in [6.07, 6.45) is 4.89. The van der Waals surface area contributed by atoms with Gasteiger partial charge in [-0.2, -0.15) is 0 Å². The minimum absolute atomic E-state index is 0.379. The number of halogens is 1. The summed E-state index contributed by atoms with van der Waals surface area (Å²) in [5, 5.41) is 0. The second-order valence-electron chi connectivity index (χ2n) is 7.05. The summed E-state index contributed by atoms with van der Waals surface area (Å²) in [6, 6.07) is 17.0. The predicted octanol–water partition coefficient (Wildman–Crippen LogP) is 5.42. The van der Waals surface area contributed by atoms with Crippen LogP contribution in [0.2, 0.25) is 0 Å². The van der Waals surface area contributed by atoms with Gasteiger partial charge in [-0.3, -0.25) is 9.55 Å². The Morgan fingerprint density at radius 2 is 1.81 bits per heavy atom. The molecule has 2 N–H and O–H groups in total. The van der Waals surface area contributed by atoms with Gasteiger partial charge in [0, 0.05) is 35.7 Å². The van der Waals surface area contributed by atoms with Crippen molar-refractivity contribution >= 4 is 34.3 Å². The van der Waals surface area contributed by atoms with Crippen LogP contribution in [0.4, 0.5) is 11.5 Å². The molecule has 0 unspecified atom stereocenters. The lowest BCUT2D eigenvalue weighted by Crippen LogP contribution is -2.02. The fraction of sp³-hybridized carbons (Fsp3) is 0.0417. The number of hydrogen-bond acceptors (Lipinski definition) is 5. The summed E-state index contributed by atoms with van der Waals surface area (Å²) in [5.41, 5.74) is 11.9. The molecule has 5 rings (SSSR count). The van der Waals surface area contributed by atoms with Gasteiger partial charge in [0.15, 0.2) is 17.2 Å². The molecule has 7 nitrogen and oxygen atoms in total. The third-order valence-electron chi connectivity index (χ3n) is 5.13. The summed E-state index contributed by atoms with van der Waals surface area (Å²) in [7, 11) is 0. The van der Waals surface area contributed by atoms with E-state index < -0.39 is 0 Å². The van der Waals surface area contributed by atoms with Crippen LogP contribution < -0.4 is 5.73 Å². The molecule has 0 aliphatic heterocycles. The summed E-state index contributed by atoms with van der Waals surface area (Å²) in [4.78, 5) is 21.7. The van der Waals surface area contributed by atoms with E-state index in [1.807, 2.05) is 53.1 Å². The third kappa shape index (κ3) is 3.33. The van der Waals surface area contributed by atoms with Crippen LogP contribution in [-0.4, -0.2) is 24.5 Å². The first-order valence-electron chi connectivity index (χ1n) is 9.77. The van der Waals surface area contributed by atoms with Crippen LogP contribution in [0.15, 0.2) is 73.2 Å². The SMILES string of the molecule is [C-]#[N+]c1ccncc1-c1ccc2nc(-c3cccnc3N)n(-c3ccc(CCl)cc3)c2n1. The zero-order valence-corrected chi connectivity index (χ0v) is 17.5. The smallest absolute Gasteiger partial charge is 0.199 e. The number of alkyl halides is 1. The number of rotatable bonds is 4. The van der Waals surface area contributed by atoms with Crippen molar-refractivity contribution in [2.24, 2.45) is 0 Å². The lowest BCUT2D eigenvalue weighted by atomic mass is 10.1.